The molecular formula is C16H10Cl2F3N5O2. The Labute approximate surface area is 166 Å². The van der Waals surface area contributed by atoms with Gasteiger partial charge in [0.2, 0.25) is 5.88 Å². The standard InChI is InChI=1S/C16H10Cl2F3N5O2/c1-28-13-3-2-12(24-25-13)26-14(16(19,20)21)11(7-22-26)15(27)23-10-5-8(17)4-9(18)6-10/h2-7H,1H3,(H,23,27). The lowest BCUT2D eigenvalue weighted by Gasteiger charge is -2.12. The summed E-state index contributed by atoms with van der Waals surface area (Å²) < 4.78 is 46.2. The number of alkyl halides is 3. The van der Waals surface area contributed by atoms with Crippen molar-refractivity contribution in [3.8, 4) is 11.7 Å². The van der Waals surface area contributed by atoms with Crippen molar-refractivity contribution in [2.75, 3.05) is 12.4 Å². The highest BCUT2D eigenvalue weighted by atomic mass is 35.5. The van der Waals surface area contributed by atoms with E-state index >= 15 is 0 Å². The smallest absolute Gasteiger partial charge is 0.434 e. The van der Waals surface area contributed by atoms with Crippen molar-refractivity contribution in [3.63, 3.8) is 0 Å². The summed E-state index contributed by atoms with van der Waals surface area (Å²) in [7, 11) is 1.34. The highest BCUT2D eigenvalue weighted by Crippen LogP contribution is 2.34. The van der Waals surface area contributed by atoms with Crippen LogP contribution in [0.2, 0.25) is 10.0 Å². The highest BCUT2D eigenvalue weighted by Gasteiger charge is 2.41. The maximum absolute atomic E-state index is 13.6. The van der Waals surface area contributed by atoms with Crippen molar-refractivity contribution in [2.24, 2.45) is 0 Å². The summed E-state index contributed by atoms with van der Waals surface area (Å²) in [6.07, 6.45) is -4.10. The molecule has 2 aromatic heterocycles. The molecule has 1 aromatic carbocycles. The number of nitrogens with zero attached hydrogens (tertiary/aromatic N) is 4. The number of anilines is 1. The Morgan fingerprint density at radius 1 is 1.14 bits per heavy atom. The fourth-order valence-electron chi connectivity index (χ4n) is 2.32. The quantitative estimate of drug-likeness (QED) is 0.667. The van der Waals surface area contributed by atoms with E-state index in [9.17, 15) is 18.0 Å². The van der Waals surface area contributed by atoms with Crippen molar-refractivity contribution < 1.29 is 22.7 Å². The summed E-state index contributed by atoms with van der Waals surface area (Å²) in [5.41, 5.74) is -1.88. The average molecular weight is 432 g/mol. The van der Waals surface area contributed by atoms with Gasteiger partial charge in [0.25, 0.3) is 5.91 Å². The lowest BCUT2D eigenvalue weighted by molar-refractivity contribution is -0.143. The van der Waals surface area contributed by atoms with Gasteiger partial charge >= 0.3 is 6.18 Å². The van der Waals surface area contributed by atoms with Crippen LogP contribution in [0.25, 0.3) is 5.82 Å². The molecule has 0 aliphatic heterocycles. The molecule has 1 amide bonds. The van der Waals surface area contributed by atoms with Crippen LogP contribution in [-0.4, -0.2) is 33.0 Å². The third kappa shape index (κ3) is 4.18. The second-order valence-electron chi connectivity index (χ2n) is 5.36. The molecule has 0 fully saturated rings. The molecular weight excluding hydrogens is 422 g/mol. The number of hydrogen-bond donors (Lipinski definition) is 1. The molecule has 0 aliphatic carbocycles. The molecule has 0 aliphatic rings. The molecule has 0 atom stereocenters. The van der Waals surface area contributed by atoms with Gasteiger partial charge in [-0.25, -0.2) is 4.68 Å². The van der Waals surface area contributed by atoms with E-state index < -0.39 is 23.3 Å². The number of hydrogen-bond acceptors (Lipinski definition) is 5. The summed E-state index contributed by atoms with van der Waals surface area (Å²) in [6.45, 7) is 0. The topological polar surface area (TPSA) is 81.9 Å². The van der Waals surface area contributed by atoms with E-state index in [4.69, 9.17) is 27.9 Å². The van der Waals surface area contributed by atoms with Crippen LogP contribution in [-0.2, 0) is 6.18 Å². The molecule has 2 heterocycles. The molecule has 7 nitrogen and oxygen atoms in total. The van der Waals surface area contributed by atoms with Crippen LogP contribution >= 0.6 is 23.2 Å². The molecule has 1 N–H and O–H groups in total. The van der Waals surface area contributed by atoms with E-state index in [-0.39, 0.29) is 27.4 Å². The molecule has 146 valence electrons. The minimum Gasteiger partial charge on any atom is -0.480 e. The van der Waals surface area contributed by atoms with Crippen LogP contribution in [0.5, 0.6) is 5.88 Å². The first-order valence-electron chi connectivity index (χ1n) is 7.50. The first-order chi connectivity index (χ1) is 13.2. The SMILES string of the molecule is COc1ccc(-n2ncc(C(=O)Nc3cc(Cl)cc(Cl)c3)c2C(F)(F)F)nn1. The van der Waals surface area contributed by atoms with Gasteiger partial charge in [0.1, 0.15) is 0 Å². The van der Waals surface area contributed by atoms with Gasteiger partial charge in [-0.3, -0.25) is 4.79 Å². The molecule has 0 spiro atoms. The lowest BCUT2D eigenvalue weighted by atomic mass is 10.2. The van der Waals surface area contributed by atoms with Gasteiger partial charge in [-0.2, -0.15) is 18.3 Å². The normalized spacial score (nSPS) is 11.4. The van der Waals surface area contributed by atoms with E-state index in [2.05, 4.69) is 20.6 Å². The predicted octanol–water partition coefficient (Wildman–Crippen LogP) is 4.25. The third-order valence-corrected chi connectivity index (χ3v) is 3.89. The zero-order chi connectivity index (χ0) is 20.5. The molecule has 12 heteroatoms. The second kappa shape index (κ2) is 7.64. The first-order valence-corrected chi connectivity index (χ1v) is 8.25. The van der Waals surface area contributed by atoms with Crippen molar-refractivity contribution in [2.45, 2.75) is 6.18 Å². The molecule has 0 unspecified atom stereocenters. The number of amides is 1. The predicted molar refractivity (Wildman–Crippen MR) is 95.1 cm³/mol. The Morgan fingerprint density at radius 3 is 2.36 bits per heavy atom. The van der Waals surface area contributed by atoms with Crippen LogP contribution in [0.1, 0.15) is 16.1 Å². The van der Waals surface area contributed by atoms with Crippen LogP contribution < -0.4 is 10.1 Å². The minimum atomic E-state index is -4.89. The third-order valence-electron chi connectivity index (χ3n) is 3.45. The molecule has 3 rings (SSSR count). The average Bonchev–Trinajstić information content (AvgIpc) is 3.06. The number of ether oxygens (including phenoxy) is 1. The highest BCUT2D eigenvalue weighted by molar-refractivity contribution is 6.35. The van der Waals surface area contributed by atoms with E-state index in [1.165, 1.54) is 37.4 Å². The van der Waals surface area contributed by atoms with Crippen LogP contribution in [0.4, 0.5) is 18.9 Å². The Bertz CT molecular complexity index is 1000. The van der Waals surface area contributed by atoms with Crippen LogP contribution in [0.3, 0.4) is 0 Å². The Morgan fingerprint density at radius 2 is 1.82 bits per heavy atom. The Balaban J connectivity index is 2.01. The monoisotopic (exact) mass is 431 g/mol. The summed E-state index contributed by atoms with van der Waals surface area (Å²) in [4.78, 5) is 12.4. The number of halogens is 5. The van der Waals surface area contributed by atoms with Gasteiger partial charge in [0.15, 0.2) is 11.5 Å². The first kappa shape index (κ1) is 19.9. The maximum Gasteiger partial charge on any atom is 0.434 e. The molecule has 0 radical (unpaired) electrons. The lowest BCUT2D eigenvalue weighted by Crippen LogP contribution is -2.21. The molecule has 28 heavy (non-hydrogen) atoms. The van der Waals surface area contributed by atoms with E-state index in [1.54, 1.807) is 0 Å². The Kier molecular flexibility index (Phi) is 5.43. The fourth-order valence-corrected chi connectivity index (χ4v) is 2.85. The van der Waals surface area contributed by atoms with E-state index in [0.717, 1.165) is 6.20 Å². The molecule has 0 saturated heterocycles. The number of nitrogens with one attached hydrogen (secondary N) is 1. The van der Waals surface area contributed by atoms with Crippen molar-refractivity contribution in [1.29, 1.82) is 0 Å². The number of carbonyl (C=O) groups excluding carboxylic acids is 1. The van der Waals surface area contributed by atoms with Gasteiger partial charge in [0.05, 0.1) is 18.9 Å². The summed E-state index contributed by atoms with van der Waals surface area (Å²) >= 11 is 11.7. The number of rotatable bonds is 4. The largest absolute Gasteiger partial charge is 0.480 e. The van der Waals surface area contributed by atoms with Crippen molar-refractivity contribution in [1.82, 2.24) is 20.0 Å². The maximum atomic E-state index is 13.6. The zero-order valence-corrected chi connectivity index (χ0v) is 15.5. The molecule has 0 saturated carbocycles. The van der Waals surface area contributed by atoms with E-state index in [0.29, 0.717) is 4.68 Å². The van der Waals surface area contributed by atoms with E-state index in [1.807, 2.05) is 0 Å². The van der Waals surface area contributed by atoms with Gasteiger partial charge in [-0.05, 0) is 24.3 Å². The van der Waals surface area contributed by atoms with Crippen molar-refractivity contribution in [3.05, 3.63) is 57.8 Å². The minimum absolute atomic E-state index is 0.111. The molecule has 0 bridgehead atoms. The summed E-state index contributed by atoms with van der Waals surface area (Å²) in [5, 5.41) is 13.6. The van der Waals surface area contributed by atoms with Gasteiger partial charge in [0, 0.05) is 21.8 Å². The summed E-state index contributed by atoms with van der Waals surface area (Å²) in [5.74, 6) is -1.17. The van der Waals surface area contributed by atoms with Crippen LogP contribution in [0.15, 0.2) is 36.5 Å². The zero-order valence-electron chi connectivity index (χ0n) is 14.0. The van der Waals surface area contributed by atoms with Gasteiger partial charge < -0.3 is 10.1 Å². The Hall–Kier alpha value is -2.85. The summed E-state index contributed by atoms with van der Waals surface area (Å²) in [6, 6.07) is 6.65. The number of carbonyl (C=O) groups is 1. The second-order valence-corrected chi connectivity index (χ2v) is 6.24. The fraction of sp³-hybridized carbons (Fsp3) is 0.125. The number of aromatic nitrogens is 4. The van der Waals surface area contributed by atoms with Gasteiger partial charge in [-0.15, -0.1) is 10.2 Å². The number of methoxy groups -OCH3 is 1. The van der Waals surface area contributed by atoms with Crippen LogP contribution in [0, 0.1) is 0 Å². The van der Waals surface area contributed by atoms with Gasteiger partial charge in [-0.1, -0.05) is 23.2 Å². The molecule has 3 aromatic rings. The number of benzene rings is 1. The van der Waals surface area contributed by atoms with Crippen molar-refractivity contribution >= 4 is 34.8 Å².